The lowest BCUT2D eigenvalue weighted by Crippen LogP contribution is -2.00. The summed E-state index contributed by atoms with van der Waals surface area (Å²) in [5, 5.41) is 12.5. The number of carboxylic acids is 1. The number of nitrogens with one attached hydrogen (secondary N) is 1. The van der Waals surface area contributed by atoms with Crippen LogP contribution in [0.3, 0.4) is 0 Å². The van der Waals surface area contributed by atoms with Crippen LogP contribution in [0.5, 0.6) is 0 Å². The molecule has 0 saturated carbocycles. The topological polar surface area (TPSA) is 75.1 Å². The predicted octanol–water partition coefficient (Wildman–Crippen LogP) is 3.21. The lowest BCUT2D eigenvalue weighted by Gasteiger charge is -2.09. The van der Waals surface area contributed by atoms with Crippen molar-refractivity contribution in [2.24, 2.45) is 0 Å². The Bertz CT molecular complexity index is 819. The van der Waals surface area contributed by atoms with Gasteiger partial charge in [0.05, 0.1) is 17.4 Å². The molecular weight excluding hydrogens is 273 g/mol. The maximum Gasteiger partial charge on any atom is 0.354 e. The van der Waals surface area contributed by atoms with Gasteiger partial charge in [-0.15, -0.1) is 0 Å². The number of rotatable bonds is 3. The first-order valence-electron chi connectivity index (χ1n) is 6.14. The van der Waals surface area contributed by atoms with Crippen molar-refractivity contribution < 1.29 is 14.3 Å². The van der Waals surface area contributed by atoms with Crippen molar-refractivity contribution >= 4 is 28.2 Å². The molecule has 0 radical (unpaired) electrons. The third-order valence-corrected chi connectivity index (χ3v) is 2.97. The van der Waals surface area contributed by atoms with E-state index in [1.54, 1.807) is 24.4 Å². The molecule has 2 aromatic heterocycles. The Kier molecular flexibility index (Phi) is 3.19. The van der Waals surface area contributed by atoms with Gasteiger partial charge < -0.3 is 10.4 Å². The zero-order valence-electron chi connectivity index (χ0n) is 10.7. The van der Waals surface area contributed by atoms with Gasteiger partial charge >= 0.3 is 5.97 Å². The highest BCUT2D eigenvalue weighted by molar-refractivity contribution is 5.93. The molecule has 0 bridgehead atoms. The van der Waals surface area contributed by atoms with Crippen molar-refractivity contribution in [2.45, 2.75) is 0 Å². The molecule has 104 valence electrons. The van der Waals surface area contributed by atoms with Crippen LogP contribution < -0.4 is 5.32 Å². The summed E-state index contributed by atoms with van der Waals surface area (Å²) in [5.74, 6) is -1.43. The van der Waals surface area contributed by atoms with Crippen molar-refractivity contribution in [1.29, 1.82) is 0 Å². The molecule has 0 amide bonds. The Morgan fingerprint density at radius 2 is 2.00 bits per heavy atom. The molecule has 6 heteroatoms. The first kappa shape index (κ1) is 13.0. The van der Waals surface area contributed by atoms with Crippen molar-refractivity contribution in [3.8, 4) is 0 Å². The van der Waals surface area contributed by atoms with Crippen LogP contribution in [0, 0.1) is 5.82 Å². The van der Waals surface area contributed by atoms with Gasteiger partial charge in [0.1, 0.15) is 11.5 Å². The highest BCUT2D eigenvalue weighted by Crippen LogP contribution is 2.25. The Morgan fingerprint density at radius 3 is 2.71 bits per heavy atom. The average Bonchev–Trinajstić information content (AvgIpc) is 2.48. The van der Waals surface area contributed by atoms with Crippen LogP contribution in [0.1, 0.15) is 10.5 Å². The number of fused-ring (bicyclic) bond motifs is 1. The van der Waals surface area contributed by atoms with Crippen LogP contribution in [0.4, 0.5) is 15.8 Å². The number of anilines is 2. The highest BCUT2D eigenvalue weighted by atomic mass is 19.1. The highest BCUT2D eigenvalue weighted by Gasteiger charge is 2.06. The molecule has 3 rings (SSSR count). The predicted molar refractivity (Wildman–Crippen MR) is 76.2 cm³/mol. The van der Waals surface area contributed by atoms with E-state index in [0.29, 0.717) is 22.3 Å². The zero-order chi connectivity index (χ0) is 14.8. The van der Waals surface area contributed by atoms with Gasteiger partial charge in [-0.25, -0.2) is 14.2 Å². The number of nitrogens with zero attached hydrogens (tertiary/aromatic N) is 2. The lowest BCUT2D eigenvalue weighted by atomic mass is 10.2. The minimum absolute atomic E-state index is 0.0359. The second kappa shape index (κ2) is 5.16. The lowest BCUT2D eigenvalue weighted by molar-refractivity contribution is 0.0690. The fraction of sp³-hybridized carbons (Fsp3) is 0. The fourth-order valence-corrected chi connectivity index (χ4v) is 1.98. The molecule has 0 fully saturated rings. The van der Waals surface area contributed by atoms with Crippen LogP contribution in [0.15, 0.2) is 48.8 Å². The summed E-state index contributed by atoms with van der Waals surface area (Å²) in [6, 6.07) is 9.05. The van der Waals surface area contributed by atoms with Crippen molar-refractivity contribution in [3.05, 3.63) is 60.3 Å². The number of carboxylic acid groups (broad SMARTS) is 1. The van der Waals surface area contributed by atoms with Gasteiger partial charge in [-0.1, -0.05) is 0 Å². The second-order valence-electron chi connectivity index (χ2n) is 4.38. The van der Waals surface area contributed by atoms with E-state index in [-0.39, 0.29) is 11.5 Å². The molecule has 2 N–H and O–H groups in total. The van der Waals surface area contributed by atoms with E-state index in [9.17, 15) is 9.18 Å². The van der Waals surface area contributed by atoms with Gasteiger partial charge in [0, 0.05) is 17.3 Å². The number of carbonyl (C=O) groups is 1. The molecule has 0 spiro atoms. The SMILES string of the molecule is O=C(O)c1ccc(Nc2ccnc3ccc(F)cc23)cn1. The van der Waals surface area contributed by atoms with E-state index in [0.717, 1.165) is 0 Å². The van der Waals surface area contributed by atoms with E-state index in [1.807, 2.05) is 0 Å². The Balaban J connectivity index is 1.97. The average molecular weight is 283 g/mol. The molecule has 0 atom stereocenters. The number of benzene rings is 1. The molecule has 0 unspecified atom stereocenters. The standard InChI is InChI=1S/C15H10FN3O2/c16-9-1-3-12-11(7-9)13(5-6-17-12)19-10-2-4-14(15(20)21)18-8-10/h1-8H,(H,17,19)(H,20,21). The van der Waals surface area contributed by atoms with Crippen LogP contribution in [0.25, 0.3) is 10.9 Å². The summed E-state index contributed by atoms with van der Waals surface area (Å²) in [6.45, 7) is 0. The van der Waals surface area contributed by atoms with E-state index in [1.165, 1.54) is 24.4 Å². The molecule has 3 aromatic rings. The largest absolute Gasteiger partial charge is 0.477 e. The van der Waals surface area contributed by atoms with E-state index in [2.05, 4.69) is 15.3 Å². The number of hydrogen-bond acceptors (Lipinski definition) is 4. The Morgan fingerprint density at radius 1 is 1.14 bits per heavy atom. The fourth-order valence-electron chi connectivity index (χ4n) is 1.98. The molecule has 0 saturated heterocycles. The van der Waals surface area contributed by atoms with Gasteiger partial charge in [0.25, 0.3) is 0 Å². The summed E-state index contributed by atoms with van der Waals surface area (Å²) < 4.78 is 13.4. The Labute approximate surface area is 119 Å². The zero-order valence-corrected chi connectivity index (χ0v) is 10.7. The number of aromatic nitrogens is 2. The molecule has 2 heterocycles. The van der Waals surface area contributed by atoms with Crippen molar-refractivity contribution in [3.63, 3.8) is 0 Å². The number of aromatic carboxylic acids is 1. The molecule has 1 aromatic carbocycles. The normalized spacial score (nSPS) is 10.5. The monoisotopic (exact) mass is 283 g/mol. The molecule has 21 heavy (non-hydrogen) atoms. The van der Waals surface area contributed by atoms with Crippen LogP contribution >= 0.6 is 0 Å². The number of hydrogen-bond donors (Lipinski definition) is 2. The van der Waals surface area contributed by atoms with E-state index < -0.39 is 5.97 Å². The number of halogens is 1. The summed E-state index contributed by atoms with van der Waals surface area (Å²) in [4.78, 5) is 18.7. The minimum atomic E-state index is -1.09. The summed E-state index contributed by atoms with van der Waals surface area (Å²) in [5.41, 5.74) is 1.91. The second-order valence-corrected chi connectivity index (χ2v) is 4.38. The maximum atomic E-state index is 13.4. The quantitative estimate of drug-likeness (QED) is 0.772. The van der Waals surface area contributed by atoms with Crippen LogP contribution in [-0.2, 0) is 0 Å². The molecular formula is C15H10FN3O2. The van der Waals surface area contributed by atoms with Gasteiger partial charge in [-0.05, 0) is 36.4 Å². The number of pyridine rings is 2. The van der Waals surface area contributed by atoms with Gasteiger partial charge in [-0.2, -0.15) is 0 Å². The minimum Gasteiger partial charge on any atom is -0.477 e. The van der Waals surface area contributed by atoms with Gasteiger partial charge in [-0.3, -0.25) is 4.98 Å². The Hall–Kier alpha value is -3.02. The molecule has 0 aliphatic carbocycles. The van der Waals surface area contributed by atoms with Gasteiger partial charge in [0.2, 0.25) is 0 Å². The summed E-state index contributed by atoms with van der Waals surface area (Å²) >= 11 is 0. The van der Waals surface area contributed by atoms with E-state index in [4.69, 9.17) is 5.11 Å². The molecule has 0 aliphatic heterocycles. The first-order chi connectivity index (χ1) is 10.1. The summed E-state index contributed by atoms with van der Waals surface area (Å²) in [6.07, 6.45) is 3.02. The third kappa shape index (κ3) is 2.64. The van der Waals surface area contributed by atoms with Crippen molar-refractivity contribution in [2.75, 3.05) is 5.32 Å². The van der Waals surface area contributed by atoms with E-state index >= 15 is 0 Å². The third-order valence-electron chi connectivity index (χ3n) is 2.97. The van der Waals surface area contributed by atoms with Crippen LogP contribution in [0.2, 0.25) is 0 Å². The van der Waals surface area contributed by atoms with Gasteiger partial charge in [0.15, 0.2) is 0 Å². The first-order valence-corrected chi connectivity index (χ1v) is 6.14. The van der Waals surface area contributed by atoms with Crippen LogP contribution in [-0.4, -0.2) is 21.0 Å². The molecule has 5 nitrogen and oxygen atoms in total. The van der Waals surface area contributed by atoms with Crippen molar-refractivity contribution in [1.82, 2.24) is 9.97 Å². The molecule has 0 aliphatic rings. The summed E-state index contributed by atoms with van der Waals surface area (Å²) in [7, 11) is 0. The maximum absolute atomic E-state index is 13.4. The smallest absolute Gasteiger partial charge is 0.354 e.